The largest absolute Gasteiger partial charge is 0.147 e. The summed E-state index contributed by atoms with van der Waals surface area (Å²) in [7, 11) is 0. The molecule has 0 amide bonds. The first kappa shape index (κ1) is 31.8. The van der Waals surface area contributed by atoms with Gasteiger partial charge in [0.15, 0.2) is 0 Å². The van der Waals surface area contributed by atoms with E-state index in [1.165, 1.54) is 41.5 Å². The van der Waals surface area contributed by atoms with E-state index >= 15 is 0 Å². The minimum Gasteiger partial charge on any atom is -0.147 e. The molecule has 0 nitrogen and oxygen atoms in total. The van der Waals surface area contributed by atoms with E-state index in [1.54, 1.807) is 25.5 Å². The first-order chi connectivity index (χ1) is 15.6. The molecule has 0 spiro atoms. The van der Waals surface area contributed by atoms with Gasteiger partial charge in [-0.1, -0.05) is 0 Å². The van der Waals surface area contributed by atoms with Crippen LogP contribution in [0.15, 0.2) is 50.8 Å². The Balaban J connectivity index is 0.00000228. The van der Waals surface area contributed by atoms with Crippen molar-refractivity contribution >= 4 is 35.0 Å². The van der Waals surface area contributed by atoms with E-state index in [0.717, 1.165) is 6.42 Å². The van der Waals surface area contributed by atoms with Crippen molar-refractivity contribution in [3.63, 3.8) is 0 Å². The number of hydrogen-bond acceptors (Lipinski definition) is 0. The SMILES string of the molecule is CCC1=CC[C]([Zr]([CH3])([CH3])(=[SiH2])[c]2c(C(C)(C)C)ccc3c2Cc2cc(C(C)(C)C)ccc2-3)=C1CC.Cl.Cl. The van der Waals surface area contributed by atoms with Gasteiger partial charge in [-0.25, -0.2) is 0 Å². The molecule has 0 atom stereocenters. The minimum atomic E-state index is -3.49. The maximum absolute atomic E-state index is 3.49. The van der Waals surface area contributed by atoms with Crippen molar-refractivity contribution < 1.29 is 17.4 Å². The third-order valence-corrected chi connectivity index (χ3v) is 24.5. The second-order valence-electron chi connectivity index (χ2n) is 13.8. The maximum Gasteiger partial charge on any atom is -0.147 e. The zero-order valence-corrected chi connectivity index (χ0v) is 29.8. The molecule has 198 valence electrons. The summed E-state index contributed by atoms with van der Waals surface area (Å²) in [6, 6.07) is 12.3. The van der Waals surface area contributed by atoms with Crippen molar-refractivity contribution in [2.24, 2.45) is 0 Å². The summed E-state index contributed by atoms with van der Waals surface area (Å²) in [5, 5.41) is 0. The molecule has 0 fully saturated rings. The van der Waals surface area contributed by atoms with Gasteiger partial charge < -0.3 is 0 Å². The molecule has 4 heteroatoms. The number of halogens is 2. The van der Waals surface area contributed by atoms with E-state index in [0.29, 0.717) is 0 Å². The summed E-state index contributed by atoms with van der Waals surface area (Å²) in [5.41, 5.74) is 12.9. The fourth-order valence-electron chi connectivity index (χ4n) is 6.71. The molecule has 0 aromatic heterocycles. The Morgan fingerprint density at radius 3 is 1.97 bits per heavy atom. The fourth-order valence-corrected chi connectivity index (χ4v) is 23.2. The van der Waals surface area contributed by atoms with Gasteiger partial charge in [0.25, 0.3) is 0 Å². The van der Waals surface area contributed by atoms with Gasteiger partial charge in [-0.15, -0.1) is 24.8 Å². The Morgan fingerprint density at radius 1 is 0.833 bits per heavy atom. The average molecular weight is 623 g/mol. The van der Waals surface area contributed by atoms with Crippen LogP contribution in [0.5, 0.6) is 0 Å². The monoisotopic (exact) mass is 620 g/mol. The fraction of sp³-hybridized carbons (Fsp3) is 0.500. The van der Waals surface area contributed by atoms with E-state index < -0.39 is 17.4 Å². The van der Waals surface area contributed by atoms with E-state index in [-0.39, 0.29) is 35.6 Å². The van der Waals surface area contributed by atoms with Gasteiger partial charge in [0, 0.05) is 0 Å². The molecular weight excluding hydrogens is 575 g/mol. The second-order valence-corrected chi connectivity index (χ2v) is 42.3. The standard InChI is InChI=1S/C21H25.C9H13.2CH3.2ClH.H2Si.Zr/c1-20(2,3)16-7-9-18-14(12-16)11-15-13-17(21(4,5)6)8-10-19(15)18;1-3-8-6-5-7-9(8)4-2;;;;;;/h7-10,12H,11H2,1-6H3;6H,3-5H2,1-2H3;2*1H3;2*1H;1H2;. The minimum absolute atomic E-state index is 0. The van der Waals surface area contributed by atoms with Crippen LogP contribution in [0.25, 0.3) is 11.1 Å². The van der Waals surface area contributed by atoms with Crippen molar-refractivity contribution in [1.29, 1.82) is 0 Å². The Bertz CT molecular complexity index is 1310. The number of hydrogen-bond donors (Lipinski definition) is 0. The third kappa shape index (κ3) is 5.23. The van der Waals surface area contributed by atoms with Crippen LogP contribution in [0.2, 0.25) is 9.26 Å². The van der Waals surface area contributed by atoms with E-state index in [4.69, 9.17) is 0 Å². The Hall–Kier alpha value is -0.400. The molecule has 2 aromatic carbocycles. The van der Waals surface area contributed by atoms with Gasteiger partial charge in [-0.2, -0.15) is 0 Å². The second kappa shape index (κ2) is 10.3. The molecule has 2 aliphatic carbocycles. The van der Waals surface area contributed by atoms with Gasteiger partial charge in [-0.05, 0) is 0 Å². The van der Waals surface area contributed by atoms with Crippen molar-refractivity contribution in [2.45, 2.75) is 101 Å². The molecule has 0 heterocycles. The topological polar surface area (TPSA) is 0 Å². The molecule has 2 aliphatic rings. The van der Waals surface area contributed by atoms with Gasteiger partial charge in [0.1, 0.15) is 0 Å². The molecule has 0 saturated carbocycles. The van der Waals surface area contributed by atoms with Crippen LogP contribution in [0.1, 0.15) is 96.9 Å². The maximum atomic E-state index is 2.74. The van der Waals surface area contributed by atoms with E-state index in [2.05, 4.69) is 108 Å². The smallest absolute Gasteiger partial charge is 0.147 e. The van der Waals surface area contributed by atoms with Gasteiger partial charge >= 0.3 is 213 Å². The molecule has 0 bridgehead atoms. The quantitative estimate of drug-likeness (QED) is 0.255. The first-order valence-electron chi connectivity index (χ1n) is 13.4. The predicted molar refractivity (Wildman–Crippen MR) is 167 cm³/mol. The molecular formula is C32H48Cl2SiZr. The van der Waals surface area contributed by atoms with E-state index in [1.807, 2.05) is 3.28 Å². The summed E-state index contributed by atoms with van der Waals surface area (Å²) in [4.78, 5) is 0. The zero-order valence-electron chi connectivity index (χ0n) is 24.3. The average Bonchev–Trinajstić information content (AvgIpc) is 3.32. The van der Waals surface area contributed by atoms with Gasteiger partial charge in [-0.3, -0.25) is 0 Å². The number of rotatable bonds is 4. The van der Waals surface area contributed by atoms with Crippen molar-refractivity contribution in [3.05, 3.63) is 73.1 Å². The molecule has 0 unspecified atom stereocenters. The van der Waals surface area contributed by atoms with Crippen LogP contribution in [0.4, 0.5) is 0 Å². The summed E-state index contributed by atoms with van der Waals surface area (Å²) in [6.45, 7) is 21.4. The Labute approximate surface area is 236 Å². The predicted octanol–water partition coefficient (Wildman–Crippen LogP) is 9.06. The van der Waals surface area contributed by atoms with Crippen LogP contribution in [0.3, 0.4) is 0 Å². The van der Waals surface area contributed by atoms with Crippen LogP contribution in [-0.4, -0.2) is 6.88 Å². The summed E-state index contributed by atoms with van der Waals surface area (Å²) in [5.74, 6) is 0. The molecule has 0 saturated heterocycles. The molecule has 4 rings (SSSR count). The zero-order chi connectivity index (χ0) is 25.3. The molecule has 0 N–H and O–H groups in total. The number of benzene rings is 2. The normalized spacial score (nSPS) is 15.7. The molecule has 0 aliphatic heterocycles. The van der Waals surface area contributed by atoms with Crippen molar-refractivity contribution in [2.75, 3.05) is 0 Å². The van der Waals surface area contributed by atoms with Crippen LogP contribution in [0, 0.1) is 0 Å². The third-order valence-electron chi connectivity index (χ3n) is 8.56. The Morgan fingerprint density at radius 2 is 1.44 bits per heavy atom. The van der Waals surface area contributed by atoms with Crippen LogP contribution in [-0.2, 0) is 34.6 Å². The Kier molecular flexibility index (Phi) is 9.10. The first-order valence-corrected chi connectivity index (χ1v) is 26.7. The van der Waals surface area contributed by atoms with Crippen molar-refractivity contribution in [3.8, 4) is 11.1 Å². The van der Waals surface area contributed by atoms with Gasteiger partial charge in [0.05, 0.1) is 0 Å². The van der Waals surface area contributed by atoms with E-state index in [9.17, 15) is 0 Å². The number of fused-ring (bicyclic) bond motifs is 3. The summed E-state index contributed by atoms with van der Waals surface area (Å²) < 4.78 is 9.13. The van der Waals surface area contributed by atoms with Crippen LogP contribution < -0.4 is 3.27 Å². The number of allylic oxidation sites excluding steroid dienone is 4. The summed E-state index contributed by atoms with van der Waals surface area (Å²) in [6.07, 6.45) is 7.19. The van der Waals surface area contributed by atoms with Crippen molar-refractivity contribution in [1.82, 2.24) is 0 Å². The molecule has 0 radical (unpaired) electrons. The molecule has 36 heavy (non-hydrogen) atoms. The molecule has 2 aromatic rings. The van der Waals surface area contributed by atoms with Crippen LogP contribution >= 0.6 is 24.8 Å². The summed E-state index contributed by atoms with van der Waals surface area (Å²) >= 11 is -3.49. The van der Waals surface area contributed by atoms with Gasteiger partial charge in [0.2, 0.25) is 0 Å².